The Bertz CT molecular complexity index is 615. The highest BCUT2D eigenvalue weighted by Crippen LogP contribution is 2.15. The zero-order valence-electron chi connectivity index (χ0n) is 17.6. The van der Waals surface area contributed by atoms with E-state index in [9.17, 15) is 9.59 Å². The minimum atomic E-state index is -0.176. The van der Waals surface area contributed by atoms with Gasteiger partial charge in [0.2, 0.25) is 6.41 Å². The van der Waals surface area contributed by atoms with E-state index in [1.165, 1.54) is 0 Å². The molecule has 0 aliphatic carbocycles. The molecule has 6 nitrogen and oxygen atoms in total. The molecule has 0 saturated carbocycles. The van der Waals surface area contributed by atoms with Crippen molar-refractivity contribution in [2.24, 2.45) is 0 Å². The van der Waals surface area contributed by atoms with Gasteiger partial charge in [-0.3, -0.25) is 9.59 Å². The fourth-order valence-electron chi connectivity index (χ4n) is 2.94. The van der Waals surface area contributed by atoms with Crippen molar-refractivity contribution >= 4 is 12.4 Å². The van der Waals surface area contributed by atoms with E-state index in [0.29, 0.717) is 26.1 Å². The van der Waals surface area contributed by atoms with Gasteiger partial charge in [-0.25, -0.2) is 0 Å². The third-order valence-electron chi connectivity index (χ3n) is 4.37. The number of aryl methyl sites for hydroxylation is 1. The number of rotatable bonds is 14. The molecule has 28 heavy (non-hydrogen) atoms. The third kappa shape index (κ3) is 9.55. The van der Waals surface area contributed by atoms with Gasteiger partial charge in [0.25, 0.3) is 0 Å². The molecule has 0 saturated heterocycles. The van der Waals surface area contributed by atoms with Gasteiger partial charge in [0, 0.05) is 39.0 Å². The van der Waals surface area contributed by atoms with Crippen LogP contribution in [-0.2, 0) is 20.7 Å². The number of likely N-dealkylation sites (N-methyl/N-ethyl adjacent to an activating group) is 2. The average Bonchev–Trinajstić information content (AvgIpc) is 2.65. The molecule has 0 aliphatic heterocycles. The van der Waals surface area contributed by atoms with E-state index in [-0.39, 0.29) is 12.0 Å². The Morgan fingerprint density at radius 3 is 2.50 bits per heavy atom. The molecule has 0 N–H and O–H groups in total. The number of nitrogens with zero attached hydrogens (tertiary/aromatic N) is 2. The monoisotopic (exact) mass is 390 g/mol. The van der Waals surface area contributed by atoms with Crippen molar-refractivity contribution in [2.45, 2.75) is 39.2 Å². The van der Waals surface area contributed by atoms with Crippen LogP contribution < -0.4 is 4.74 Å². The van der Waals surface area contributed by atoms with Crippen molar-refractivity contribution in [1.29, 1.82) is 0 Å². The quantitative estimate of drug-likeness (QED) is 0.278. The number of carbonyl (C=O) groups is 2. The molecule has 0 unspecified atom stereocenters. The SMILES string of the molecule is C=C(C)CN(C)C[C@H](CCOc1ccc(CCC(=O)OCC)cc1)N(C)C=O. The van der Waals surface area contributed by atoms with Crippen LogP contribution in [-0.4, -0.2) is 68.6 Å². The van der Waals surface area contributed by atoms with E-state index in [2.05, 4.69) is 11.5 Å². The van der Waals surface area contributed by atoms with Gasteiger partial charge < -0.3 is 19.3 Å². The summed E-state index contributed by atoms with van der Waals surface area (Å²) in [5.74, 6) is 0.604. The lowest BCUT2D eigenvalue weighted by Gasteiger charge is -2.29. The molecule has 1 aromatic carbocycles. The van der Waals surface area contributed by atoms with Gasteiger partial charge in [-0.15, -0.1) is 0 Å². The van der Waals surface area contributed by atoms with Crippen LogP contribution >= 0.6 is 0 Å². The molecule has 0 heterocycles. The van der Waals surface area contributed by atoms with Gasteiger partial charge in [0.1, 0.15) is 5.75 Å². The first kappa shape index (κ1) is 23.7. The van der Waals surface area contributed by atoms with Crippen LogP contribution in [0.3, 0.4) is 0 Å². The van der Waals surface area contributed by atoms with Crippen LogP contribution in [0.15, 0.2) is 36.4 Å². The lowest BCUT2D eigenvalue weighted by molar-refractivity contribution is -0.143. The molecule has 1 atom stereocenters. The summed E-state index contributed by atoms with van der Waals surface area (Å²) in [4.78, 5) is 26.5. The van der Waals surface area contributed by atoms with Crippen LogP contribution in [0.4, 0.5) is 0 Å². The summed E-state index contributed by atoms with van der Waals surface area (Å²) >= 11 is 0. The maximum Gasteiger partial charge on any atom is 0.306 e. The lowest BCUT2D eigenvalue weighted by Crippen LogP contribution is -2.41. The van der Waals surface area contributed by atoms with Crippen molar-refractivity contribution in [2.75, 3.05) is 40.4 Å². The molecule has 6 heteroatoms. The Balaban J connectivity index is 2.46. The van der Waals surface area contributed by atoms with E-state index in [1.807, 2.05) is 38.2 Å². The Labute approximate surface area is 169 Å². The molecule has 0 spiro atoms. The summed E-state index contributed by atoms with van der Waals surface area (Å²) in [7, 11) is 3.82. The van der Waals surface area contributed by atoms with Crippen LogP contribution in [0, 0.1) is 0 Å². The van der Waals surface area contributed by atoms with Gasteiger partial charge >= 0.3 is 5.97 Å². The highest BCUT2D eigenvalue weighted by Gasteiger charge is 2.16. The number of benzene rings is 1. The van der Waals surface area contributed by atoms with Crippen molar-refractivity contribution in [1.82, 2.24) is 9.80 Å². The van der Waals surface area contributed by atoms with Crippen molar-refractivity contribution in [3.05, 3.63) is 42.0 Å². The second-order valence-electron chi connectivity index (χ2n) is 7.16. The Morgan fingerprint density at radius 2 is 1.93 bits per heavy atom. The molecule has 0 aliphatic rings. The minimum Gasteiger partial charge on any atom is -0.494 e. The van der Waals surface area contributed by atoms with Gasteiger partial charge in [0.05, 0.1) is 13.2 Å². The van der Waals surface area contributed by atoms with E-state index in [4.69, 9.17) is 9.47 Å². The average molecular weight is 391 g/mol. The summed E-state index contributed by atoms with van der Waals surface area (Å²) in [6.07, 6.45) is 2.63. The maximum absolute atomic E-state index is 11.4. The van der Waals surface area contributed by atoms with Crippen LogP contribution in [0.25, 0.3) is 0 Å². The highest BCUT2D eigenvalue weighted by atomic mass is 16.5. The number of carbonyl (C=O) groups excluding carboxylic acids is 2. The summed E-state index contributed by atoms with van der Waals surface area (Å²) in [5, 5.41) is 0. The predicted molar refractivity (Wildman–Crippen MR) is 111 cm³/mol. The van der Waals surface area contributed by atoms with Gasteiger partial charge in [-0.05, 0) is 45.0 Å². The number of ether oxygens (including phenoxy) is 2. The van der Waals surface area contributed by atoms with E-state index < -0.39 is 0 Å². The topological polar surface area (TPSA) is 59.1 Å². The van der Waals surface area contributed by atoms with Crippen molar-refractivity contribution in [3.63, 3.8) is 0 Å². The molecule has 0 radical (unpaired) electrons. The van der Waals surface area contributed by atoms with E-state index in [1.54, 1.807) is 18.9 Å². The molecular weight excluding hydrogens is 356 g/mol. The first-order chi connectivity index (χ1) is 13.3. The van der Waals surface area contributed by atoms with E-state index >= 15 is 0 Å². The van der Waals surface area contributed by atoms with Crippen molar-refractivity contribution in [3.8, 4) is 5.75 Å². The fraction of sp³-hybridized carbons (Fsp3) is 0.545. The molecule has 1 amide bonds. The first-order valence-corrected chi connectivity index (χ1v) is 9.73. The van der Waals surface area contributed by atoms with Gasteiger partial charge in [-0.2, -0.15) is 0 Å². The van der Waals surface area contributed by atoms with Crippen molar-refractivity contribution < 1.29 is 19.1 Å². The standard InChI is InChI=1S/C22H34N2O4/c1-6-27-22(26)12-9-19-7-10-21(11-8-19)28-14-13-20(24(5)17-25)16-23(4)15-18(2)3/h7-8,10-11,17,20H,2,6,9,12-16H2,1,3-5H3/t20-/m0/s1. The largest absolute Gasteiger partial charge is 0.494 e. The number of hydrogen-bond acceptors (Lipinski definition) is 5. The Hall–Kier alpha value is -2.34. The zero-order chi connectivity index (χ0) is 20.9. The summed E-state index contributed by atoms with van der Waals surface area (Å²) < 4.78 is 10.8. The number of esters is 1. The lowest BCUT2D eigenvalue weighted by atomic mass is 10.1. The molecule has 0 fully saturated rings. The summed E-state index contributed by atoms with van der Waals surface area (Å²) in [5.41, 5.74) is 2.16. The smallest absolute Gasteiger partial charge is 0.306 e. The molecule has 0 aromatic heterocycles. The minimum absolute atomic E-state index is 0.0747. The van der Waals surface area contributed by atoms with Gasteiger partial charge in [0.15, 0.2) is 0 Å². The maximum atomic E-state index is 11.4. The molecule has 156 valence electrons. The predicted octanol–water partition coefficient (Wildman–Crippen LogP) is 2.92. The highest BCUT2D eigenvalue weighted by molar-refractivity contribution is 5.69. The molecule has 0 bridgehead atoms. The Morgan fingerprint density at radius 1 is 1.25 bits per heavy atom. The molecule has 1 rings (SSSR count). The first-order valence-electron chi connectivity index (χ1n) is 9.73. The fourth-order valence-corrected chi connectivity index (χ4v) is 2.94. The van der Waals surface area contributed by atoms with E-state index in [0.717, 1.165) is 42.8 Å². The second kappa shape index (κ2) is 12.9. The number of amides is 1. The zero-order valence-corrected chi connectivity index (χ0v) is 17.6. The molecular formula is C22H34N2O4. The van der Waals surface area contributed by atoms with Gasteiger partial charge in [-0.1, -0.05) is 24.3 Å². The van der Waals surface area contributed by atoms with Crippen LogP contribution in [0.5, 0.6) is 5.75 Å². The molecule has 1 aromatic rings. The summed E-state index contributed by atoms with van der Waals surface area (Å²) in [6.45, 7) is 10.2. The number of hydrogen-bond donors (Lipinski definition) is 0. The summed E-state index contributed by atoms with van der Waals surface area (Å²) in [6, 6.07) is 7.82. The third-order valence-corrected chi connectivity index (χ3v) is 4.37. The van der Waals surface area contributed by atoms with Crippen LogP contribution in [0.1, 0.15) is 32.3 Å². The normalized spacial score (nSPS) is 11.8. The Kier molecular flexibility index (Phi) is 11.0. The second-order valence-corrected chi connectivity index (χ2v) is 7.16. The van der Waals surface area contributed by atoms with Crippen LogP contribution in [0.2, 0.25) is 0 Å².